The molecule has 0 N–H and O–H groups in total. The summed E-state index contributed by atoms with van der Waals surface area (Å²) in [5.74, 6) is 0.531. The van der Waals surface area contributed by atoms with Gasteiger partial charge in [0, 0.05) is 11.6 Å². The number of amides is 1. The Hall–Kier alpha value is -3.57. The average molecular weight is 502 g/mol. The fourth-order valence-corrected chi connectivity index (χ4v) is 5.07. The van der Waals surface area contributed by atoms with E-state index < -0.39 is 6.04 Å². The van der Waals surface area contributed by atoms with E-state index in [0.29, 0.717) is 28.2 Å². The second kappa shape index (κ2) is 9.82. The van der Waals surface area contributed by atoms with Gasteiger partial charge in [0.15, 0.2) is 5.43 Å². The highest BCUT2D eigenvalue weighted by Crippen LogP contribution is 2.40. The zero-order valence-corrected chi connectivity index (χ0v) is 21.4. The number of benzene rings is 3. The number of carbonyl (C=O) groups is 1. The number of hydrogen-bond donors (Lipinski definition) is 0. The number of hydrogen-bond acceptors (Lipinski definition) is 4. The van der Waals surface area contributed by atoms with Gasteiger partial charge in [-0.3, -0.25) is 9.59 Å². The summed E-state index contributed by atoms with van der Waals surface area (Å²) >= 11 is 6.45. The van der Waals surface area contributed by atoms with Crippen molar-refractivity contribution in [3.05, 3.63) is 109 Å². The van der Waals surface area contributed by atoms with Crippen LogP contribution in [0.1, 0.15) is 64.2 Å². The molecule has 3 aromatic carbocycles. The molecule has 0 radical (unpaired) electrons. The lowest BCUT2D eigenvalue weighted by Crippen LogP contribution is -2.29. The molecule has 5 rings (SSSR count). The maximum absolute atomic E-state index is 13.9. The maximum Gasteiger partial charge on any atom is 0.291 e. The van der Waals surface area contributed by atoms with Crippen molar-refractivity contribution in [3.63, 3.8) is 0 Å². The van der Waals surface area contributed by atoms with Crippen LogP contribution in [-0.2, 0) is 6.54 Å². The van der Waals surface area contributed by atoms with Crippen LogP contribution in [0.5, 0.6) is 5.75 Å². The second-order valence-electron chi connectivity index (χ2n) is 9.33. The SMILES string of the molecule is CCCCOc1ccc(C2c3c(oc4c(C)cc(C)cc4c3=O)C(=O)N2Cc2ccccc2Cl)cc1. The van der Waals surface area contributed by atoms with Gasteiger partial charge in [-0.2, -0.15) is 0 Å². The average Bonchev–Trinajstić information content (AvgIpc) is 3.14. The molecule has 0 aliphatic carbocycles. The summed E-state index contributed by atoms with van der Waals surface area (Å²) in [6.07, 6.45) is 2.03. The molecular formula is C30H28ClNO4. The van der Waals surface area contributed by atoms with E-state index in [-0.39, 0.29) is 23.6 Å². The largest absolute Gasteiger partial charge is 0.494 e. The van der Waals surface area contributed by atoms with Crippen LogP contribution < -0.4 is 10.2 Å². The van der Waals surface area contributed by atoms with Crippen LogP contribution in [0.3, 0.4) is 0 Å². The lowest BCUT2D eigenvalue weighted by atomic mass is 9.97. The minimum absolute atomic E-state index is 0.0970. The van der Waals surface area contributed by atoms with E-state index in [2.05, 4.69) is 6.92 Å². The Bertz CT molecular complexity index is 1510. The zero-order chi connectivity index (χ0) is 25.4. The molecule has 0 fully saturated rings. The van der Waals surface area contributed by atoms with Gasteiger partial charge in [0.1, 0.15) is 11.3 Å². The molecule has 1 amide bonds. The van der Waals surface area contributed by atoms with Crippen LogP contribution in [-0.4, -0.2) is 17.4 Å². The van der Waals surface area contributed by atoms with Gasteiger partial charge >= 0.3 is 0 Å². The smallest absolute Gasteiger partial charge is 0.291 e. The van der Waals surface area contributed by atoms with Crippen LogP contribution in [0.2, 0.25) is 5.02 Å². The van der Waals surface area contributed by atoms with Gasteiger partial charge in [0.05, 0.1) is 23.6 Å². The molecule has 1 unspecified atom stereocenters. The lowest BCUT2D eigenvalue weighted by molar-refractivity contribution is 0.0714. The van der Waals surface area contributed by atoms with Crippen molar-refractivity contribution in [2.45, 2.75) is 46.2 Å². The van der Waals surface area contributed by atoms with Crippen molar-refractivity contribution < 1.29 is 13.9 Å². The highest BCUT2D eigenvalue weighted by molar-refractivity contribution is 6.31. The number of carbonyl (C=O) groups excluding carboxylic acids is 1. The molecule has 0 bridgehead atoms. The summed E-state index contributed by atoms with van der Waals surface area (Å²) in [4.78, 5) is 29.3. The van der Waals surface area contributed by atoms with Crippen LogP contribution >= 0.6 is 11.6 Å². The van der Waals surface area contributed by atoms with Gasteiger partial charge in [0.2, 0.25) is 5.76 Å². The summed E-state index contributed by atoms with van der Waals surface area (Å²) in [7, 11) is 0. The minimum atomic E-state index is -0.602. The zero-order valence-electron chi connectivity index (χ0n) is 20.6. The van der Waals surface area contributed by atoms with Crippen LogP contribution in [0.25, 0.3) is 11.0 Å². The van der Waals surface area contributed by atoms with E-state index in [1.165, 1.54) is 0 Å². The fourth-order valence-electron chi connectivity index (χ4n) is 4.88. The van der Waals surface area contributed by atoms with Gasteiger partial charge in [-0.05, 0) is 66.8 Å². The molecule has 4 aromatic rings. The number of fused-ring (bicyclic) bond motifs is 2. The Kier molecular flexibility index (Phi) is 6.59. The van der Waals surface area contributed by atoms with Crippen molar-refractivity contribution in [1.82, 2.24) is 4.90 Å². The summed E-state index contributed by atoms with van der Waals surface area (Å²) < 4.78 is 12.0. The molecule has 2 heterocycles. The van der Waals surface area contributed by atoms with Crippen molar-refractivity contribution in [1.29, 1.82) is 0 Å². The molecule has 1 aliphatic heterocycles. The molecule has 1 aliphatic rings. The Morgan fingerprint density at radius 1 is 1.03 bits per heavy atom. The van der Waals surface area contributed by atoms with Gasteiger partial charge in [-0.1, -0.05) is 61.3 Å². The Morgan fingerprint density at radius 3 is 2.50 bits per heavy atom. The maximum atomic E-state index is 13.9. The Balaban J connectivity index is 1.65. The predicted octanol–water partition coefficient (Wildman–Crippen LogP) is 6.99. The molecule has 5 nitrogen and oxygen atoms in total. The minimum Gasteiger partial charge on any atom is -0.494 e. The number of unbranched alkanes of at least 4 members (excludes halogenated alkanes) is 1. The highest BCUT2D eigenvalue weighted by atomic mass is 35.5. The summed E-state index contributed by atoms with van der Waals surface area (Å²) in [6, 6.07) is 18.2. The number of ether oxygens (including phenoxy) is 1. The standard InChI is InChI=1S/C30H28ClNO4/c1-4-5-14-35-22-12-10-20(11-13-22)26-25-27(33)23-16-18(2)15-19(3)28(23)36-29(25)30(34)32(26)17-21-8-6-7-9-24(21)31/h6-13,15-16,26H,4-5,14,17H2,1-3H3. The summed E-state index contributed by atoms with van der Waals surface area (Å²) in [5, 5.41) is 1.05. The van der Waals surface area contributed by atoms with Gasteiger partial charge in [0.25, 0.3) is 5.91 Å². The van der Waals surface area contributed by atoms with E-state index in [9.17, 15) is 9.59 Å². The van der Waals surface area contributed by atoms with Crippen molar-refractivity contribution in [3.8, 4) is 5.75 Å². The van der Waals surface area contributed by atoms with Crippen LogP contribution in [0.15, 0.2) is 69.9 Å². The molecule has 1 aromatic heterocycles. The van der Waals surface area contributed by atoms with Crippen LogP contribution in [0, 0.1) is 13.8 Å². The Labute approximate surface area is 215 Å². The molecule has 6 heteroatoms. The molecule has 0 spiro atoms. The van der Waals surface area contributed by atoms with Gasteiger partial charge in [-0.25, -0.2) is 0 Å². The molecule has 36 heavy (non-hydrogen) atoms. The quantitative estimate of drug-likeness (QED) is 0.256. The number of nitrogens with zero attached hydrogens (tertiary/aromatic N) is 1. The normalized spacial score (nSPS) is 14.9. The summed E-state index contributed by atoms with van der Waals surface area (Å²) in [5.41, 5.74) is 4.05. The van der Waals surface area contributed by atoms with Gasteiger partial charge in [-0.15, -0.1) is 0 Å². The number of halogens is 1. The van der Waals surface area contributed by atoms with E-state index in [1.807, 2.05) is 68.4 Å². The monoisotopic (exact) mass is 501 g/mol. The molecule has 184 valence electrons. The third-order valence-electron chi connectivity index (χ3n) is 6.66. The first-order valence-electron chi connectivity index (χ1n) is 12.2. The predicted molar refractivity (Wildman–Crippen MR) is 142 cm³/mol. The number of rotatable bonds is 7. The highest BCUT2D eigenvalue weighted by Gasteiger charge is 2.43. The second-order valence-corrected chi connectivity index (χ2v) is 9.74. The first kappa shape index (κ1) is 24.1. The summed E-state index contributed by atoms with van der Waals surface area (Å²) in [6.45, 7) is 6.85. The van der Waals surface area contributed by atoms with E-state index in [0.717, 1.165) is 40.8 Å². The molecule has 1 atom stereocenters. The number of aryl methyl sites for hydroxylation is 2. The van der Waals surface area contributed by atoms with Crippen molar-refractivity contribution in [2.24, 2.45) is 0 Å². The molecule has 0 saturated carbocycles. The Morgan fingerprint density at radius 2 is 1.78 bits per heavy atom. The van der Waals surface area contributed by atoms with Crippen molar-refractivity contribution >= 4 is 28.5 Å². The van der Waals surface area contributed by atoms with Crippen molar-refractivity contribution in [2.75, 3.05) is 6.61 Å². The first-order valence-corrected chi connectivity index (χ1v) is 12.6. The van der Waals surface area contributed by atoms with E-state index in [4.69, 9.17) is 20.8 Å². The fraction of sp³-hybridized carbons (Fsp3) is 0.267. The van der Waals surface area contributed by atoms with Crippen LogP contribution in [0.4, 0.5) is 0 Å². The van der Waals surface area contributed by atoms with Gasteiger partial charge < -0.3 is 14.1 Å². The van der Waals surface area contributed by atoms with E-state index in [1.54, 1.807) is 11.0 Å². The van der Waals surface area contributed by atoms with E-state index >= 15 is 0 Å². The topological polar surface area (TPSA) is 59.8 Å². The molecule has 0 saturated heterocycles. The first-order chi connectivity index (χ1) is 17.4. The third-order valence-corrected chi connectivity index (χ3v) is 7.03. The lowest BCUT2D eigenvalue weighted by Gasteiger charge is -2.25. The molecular weight excluding hydrogens is 474 g/mol. The third kappa shape index (κ3) is 4.28.